The lowest BCUT2D eigenvalue weighted by Gasteiger charge is -2.26. The first kappa shape index (κ1) is 24.6. The van der Waals surface area contributed by atoms with Crippen LogP contribution in [0, 0.1) is 0 Å². The number of hydrogen-bond donors (Lipinski definition) is 0. The summed E-state index contributed by atoms with van der Waals surface area (Å²) in [5.74, 6) is 0. The van der Waals surface area contributed by atoms with Crippen molar-refractivity contribution in [3.05, 3.63) is 158 Å². The summed E-state index contributed by atoms with van der Waals surface area (Å²) in [5, 5.41) is 9.65. The highest BCUT2D eigenvalue weighted by Crippen LogP contribution is 2.41. The number of nitrogens with zero attached hydrogens (tertiary/aromatic N) is 2. The second-order valence-corrected chi connectivity index (χ2v) is 11.3. The van der Waals surface area contributed by atoms with Crippen molar-refractivity contribution in [2.45, 2.75) is 0 Å². The Morgan fingerprint density at radius 3 is 1.89 bits per heavy atom. The van der Waals surface area contributed by atoms with Gasteiger partial charge >= 0.3 is 0 Å². The summed E-state index contributed by atoms with van der Waals surface area (Å²) in [6, 6.07) is 52.2. The lowest BCUT2D eigenvalue weighted by atomic mass is 9.96. The summed E-state index contributed by atoms with van der Waals surface area (Å²) in [7, 11) is 0. The molecular weight excluding hydrogens is 536 g/mol. The standard InChI is InChI=1S/C41H26N2O/c1-2-6-27(7-3-1)28-10-15-31(16-11-28)43(33-18-21-40-39(25-33)37-22-23-42-26-41(37)44-40)32-17-12-30-14-19-35-34-9-5-4-8-29(34)13-20-36(35)38(30)24-32/h1-26H. The average Bonchev–Trinajstić information content (AvgIpc) is 3.47. The zero-order valence-corrected chi connectivity index (χ0v) is 23.8. The van der Waals surface area contributed by atoms with E-state index in [-0.39, 0.29) is 0 Å². The zero-order valence-electron chi connectivity index (χ0n) is 23.8. The van der Waals surface area contributed by atoms with Gasteiger partial charge in [0.25, 0.3) is 0 Å². The number of anilines is 3. The molecule has 0 bridgehead atoms. The zero-order chi connectivity index (χ0) is 29.0. The topological polar surface area (TPSA) is 29.3 Å². The summed E-state index contributed by atoms with van der Waals surface area (Å²) in [4.78, 5) is 6.60. The van der Waals surface area contributed by atoms with Crippen molar-refractivity contribution in [1.29, 1.82) is 0 Å². The van der Waals surface area contributed by atoms with Crippen LogP contribution in [0.1, 0.15) is 0 Å². The number of furan rings is 1. The van der Waals surface area contributed by atoms with Gasteiger partial charge in [-0.3, -0.25) is 4.98 Å². The van der Waals surface area contributed by atoms with E-state index in [0.717, 1.165) is 39.0 Å². The predicted octanol–water partition coefficient (Wildman–Crippen LogP) is 11.6. The molecule has 0 aliphatic carbocycles. The van der Waals surface area contributed by atoms with Gasteiger partial charge in [-0.1, -0.05) is 97.1 Å². The van der Waals surface area contributed by atoms with Crippen molar-refractivity contribution in [3.63, 3.8) is 0 Å². The first-order valence-corrected chi connectivity index (χ1v) is 14.9. The van der Waals surface area contributed by atoms with Crippen molar-refractivity contribution < 1.29 is 4.42 Å². The van der Waals surface area contributed by atoms with E-state index in [1.807, 2.05) is 12.3 Å². The van der Waals surface area contributed by atoms with Crippen molar-refractivity contribution in [1.82, 2.24) is 4.98 Å². The molecule has 9 aromatic rings. The second kappa shape index (κ2) is 9.82. The van der Waals surface area contributed by atoms with Gasteiger partial charge in [0.05, 0.1) is 6.20 Å². The van der Waals surface area contributed by atoms with Crippen LogP contribution in [0.4, 0.5) is 17.1 Å². The lowest BCUT2D eigenvalue weighted by Crippen LogP contribution is -2.09. The number of benzene rings is 7. The van der Waals surface area contributed by atoms with E-state index in [4.69, 9.17) is 4.42 Å². The van der Waals surface area contributed by atoms with E-state index in [2.05, 4.69) is 149 Å². The highest BCUT2D eigenvalue weighted by Gasteiger charge is 2.17. The molecule has 3 nitrogen and oxygen atoms in total. The van der Waals surface area contributed by atoms with Gasteiger partial charge in [-0.15, -0.1) is 0 Å². The Morgan fingerprint density at radius 1 is 0.409 bits per heavy atom. The maximum absolute atomic E-state index is 6.12. The number of hydrogen-bond acceptors (Lipinski definition) is 3. The van der Waals surface area contributed by atoms with E-state index < -0.39 is 0 Å². The normalized spacial score (nSPS) is 11.6. The Balaban J connectivity index is 1.26. The van der Waals surface area contributed by atoms with Crippen molar-refractivity contribution in [3.8, 4) is 11.1 Å². The first-order chi connectivity index (χ1) is 21.8. The summed E-state index contributed by atoms with van der Waals surface area (Å²) in [6.45, 7) is 0. The monoisotopic (exact) mass is 562 g/mol. The fourth-order valence-corrected chi connectivity index (χ4v) is 6.58. The number of fused-ring (bicyclic) bond motifs is 8. The van der Waals surface area contributed by atoms with Crippen LogP contribution in [-0.4, -0.2) is 4.98 Å². The quantitative estimate of drug-likeness (QED) is 0.200. The van der Waals surface area contributed by atoms with Crippen molar-refractivity contribution in [2.24, 2.45) is 0 Å². The Labute approximate surface area is 254 Å². The number of pyridine rings is 1. The van der Waals surface area contributed by atoms with E-state index >= 15 is 0 Å². The smallest absolute Gasteiger partial charge is 0.153 e. The van der Waals surface area contributed by atoms with Crippen molar-refractivity contribution in [2.75, 3.05) is 4.90 Å². The van der Waals surface area contributed by atoms with E-state index in [0.29, 0.717) is 0 Å². The summed E-state index contributed by atoms with van der Waals surface area (Å²) in [5.41, 5.74) is 7.29. The molecule has 0 radical (unpaired) electrons. The fourth-order valence-electron chi connectivity index (χ4n) is 6.58. The Morgan fingerprint density at radius 2 is 1.05 bits per heavy atom. The summed E-state index contributed by atoms with van der Waals surface area (Å²) >= 11 is 0. The molecular formula is C41H26N2O. The van der Waals surface area contributed by atoms with E-state index in [9.17, 15) is 0 Å². The third-order valence-electron chi connectivity index (χ3n) is 8.73. The average molecular weight is 563 g/mol. The molecule has 0 fully saturated rings. The first-order valence-electron chi connectivity index (χ1n) is 14.9. The molecule has 0 N–H and O–H groups in total. The van der Waals surface area contributed by atoms with Crippen LogP contribution < -0.4 is 4.90 Å². The molecule has 206 valence electrons. The molecule has 0 saturated heterocycles. The van der Waals surface area contributed by atoms with Gasteiger partial charge in [0, 0.05) is 34.0 Å². The molecule has 44 heavy (non-hydrogen) atoms. The van der Waals surface area contributed by atoms with Gasteiger partial charge in [-0.05, 0) is 92.0 Å². The van der Waals surface area contributed by atoms with Crippen LogP contribution in [0.2, 0.25) is 0 Å². The van der Waals surface area contributed by atoms with Gasteiger partial charge < -0.3 is 9.32 Å². The van der Waals surface area contributed by atoms with Gasteiger partial charge in [-0.25, -0.2) is 0 Å². The van der Waals surface area contributed by atoms with Crippen LogP contribution in [0.5, 0.6) is 0 Å². The number of aromatic nitrogens is 1. The van der Waals surface area contributed by atoms with Gasteiger partial charge in [-0.2, -0.15) is 0 Å². The third-order valence-corrected chi connectivity index (χ3v) is 8.73. The Hall–Kier alpha value is -5.93. The van der Waals surface area contributed by atoms with Crippen LogP contribution in [0.3, 0.4) is 0 Å². The van der Waals surface area contributed by atoms with Gasteiger partial charge in [0.1, 0.15) is 5.58 Å². The molecule has 0 saturated carbocycles. The minimum Gasteiger partial charge on any atom is -0.454 e. The largest absolute Gasteiger partial charge is 0.454 e. The molecule has 0 spiro atoms. The van der Waals surface area contributed by atoms with Gasteiger partial charge in [0.2, 0.25) is 0 Å². The number of rotatable bonds is 4. The molecule has 0 amide bonds. The maximum atomic E-state index is 6.12. The summed E-state index contributed by atoms with van der Waals surface area (Å²) < 4.78 is 6.12. The minimum atomic E-state index is 0.794. The second-order valence-electron chi connectivity index (χ2n) is 11.3. The summed E-state index contributed by atoms with van der Waals surface area (Å²) in [6.07, 6.45) is 3.61. The van der Waals surface area contributed by atoms with Crippen LogP contribution in [0.25, 0.3) is 65.4 Å². The van der Waals surface area contributed by atoms with Crippen molar-refractivity contribution >= 4 is 71.3 Å². The minimum absolute atomic E-state index is 0.794. The molecule has 3 heteroatoms. The van der Waals surface area contributed by atoms with Gasteiger partial charge in [0.15, 0.2) is 5.58 Å². The van der Waals surface area contributed by atoms with Crippen LogP contribution in [0.15, 0.2) is 162 Å². The van der Waals surface area contributed by atoms with Crippen LogP contribution >= 0.6 is 0 Å². The molecule has 9 rings (SSSR count). The SMILES string of the molecule is c1ccc(-c2ccc(N(c3ccc4ccc5c6ccccc6ccc5c4c3)c3ccc4oc5cnccc5c4c3)cc2)cc1. The molecule has 0 atom stereocenters. The predicted molar refractivity (Wildman–Crippen MR) is 184 cm³/mol. The Kier molecular flexibility index (Phi) is 5.50. The lowest BCUT2D eigenvalue weighted by molar-refractivity contribution is 0.667. The molecule has 0 aliphatic heterocycles. The maximum Gasteiger partial charge on any atom is 0.153 e. The molecule has 0 unspecified atom stereocenters. The molecule has 2 aromatic heterocycles. The van der Waals surface area contributed by atoms with E-state index in [1.165, 1.54) is 43.4 Å². The highest BCUT2D eigenvalue weighted by molar-refractivity contribution is 6.18. The van der Waals surface area contributed by atoms with E-state index in [1.54, 1.807) is 6.20 Å². The molecule has 2 heterocycles. The highest BCUT2D eigenvalue weighted by atomic mass is 16.3. The molecule has 7 aromatic carbocycles. The Bertz CT molecular complexity index is 2490. The van der Waals surface area contributed by atoms with Crippen LogP contribution in [-0.2, 0) is 0 Å². The fraction of sp³-hybridized carbons (Fsp3) is 0. The third kappa shape index (κ3) is 3.94. The molecule has 0 aliphatic rings.